The number of esters is 4. The summed E-state index contributed by atoms with van der Waals surface area (Å²) in [6.45, 7) is 4.05. The Kier molecular flexibility index (Phi) is 12.2. The molecule has 0 aliphatic carbocycles. The van der Waals surface area contributed by atoms with Crippen LogP contribution in [0.3, 0.4) is 0 Å². The van der Waals surface area contributed by atoms with Gasteiger partial charge in [0.15, 0.2) is 18.3 Å². The summed E-state index contributed by atoms with van der Waals surface area (Å²) in [5.41, 5.74) is 5.74. The van der Waals surface area contributed by atoms with Gasteiger partial charge < -0.3 is 34.7 Å². The lowest BCUT2D eigenvalue weighted by molar-refractivity contribution is -0.237. The van der Waals surface area contributed by atoms with Crippen LogP contribution in [0.5, 0.6) is 0 Å². The second kappa shape index (κ2) is 16.1. The van der Waals surface area contributed by atoms with Crippen LogP contribution >= 0.6 is 34.7 Å². The molecular formula is C32H31ClN2O11S2. The number of thioether (sulfide) groups is 1. The highest BCUT2D eigenvalue weighted by Gasteiger charge is 2.53. The van der Waals surface area contributed by atoms with Crippen LogP contribution in [0.2, 0.25) is 5.02 Å². The molecule has 254 valence electrons. The number of hydrogen-bond donors (Lipinski definition) is 2. The minimum absolute atomic E-state index is 0.0515. The van der Waals surface area contributed by atoms with Gasteiger partial charge in [-0.25, -0.2) is 0 Å². The third-order valence-electron chi connectivity index (χ3n) is 6.66. The molecule has 3 N–H and O–H groups in total. The van der Waals surface area contributed by atoms with E-state index in [9.17, 15) is 28.8 Å². The molecule has 1 fully saturated rings. The van der Waals surface area contributed by atoms with Gasteiger partial charge in [-0.05, 0) is 24.3 Å². The third-order valence-corrected chi connectivity index (χ3v) is 9.48. The van der Waals surface area contributed by atoms with Gasteiger partial charge in [0.2, 0.25) is 5.78 Å². The zero-order chi connectivity index (χ0) is 35.1. The molecule has 1 aliphatic rings. The summed E-state index contributed by atoms with van der Waals surface area (Å²) in [6.07, 6.45) is -5.45. The Morgan fingerprint density at radius 2 is 1.42 bits per heavy atom. The Hall–Kier alpha value is -4.44. The Labute approximate surface area is 288 Å². The molecular weight excluding hydrogens is 688 g/mol. The van der Waals surface area contributed by atoms with E-state index < -0.39 is 72.0 Å². The van der Waals surface area contributed by atoms with Gasteiger partial charge in [-0.3, -0.25) is 28.8 Å². The maximum atomic E-state index is 13.8. The summed E-state index contributed by atoms with van der Waals surface area (Å²) in [5.74, 6) is -4.18. The number of rotatable bonds is 11. The second-order valence-corrected chi connectivity index (χ2v) is 13.2. The molecule has 4 rings (SSSR count). The molecule has 1 amide bonds. The summed E-state index contributed by atoms with van der Waals surface area (Å²) < 4.78 is 28.1. The molecule has 0 saturated carbocycles. The van der Waals surface area contributed by atoms with E-state index in [4.69, 9.17) is 41.0 Å². The quantitative estimate of drug-likeness (QED) is 0.159. The number of nitrogens with one attached hydrogen (secondary N) is 1. The highest BCUT2D eigenvalue weighted by Crippen LogP contribution is 2.45. The molecule has 0 spiro atoms. The van der Waals surface area contributed by atoms with Gasteiger partial charge in [-0.2, -0.15) is 0 Å². The number of anilines is 2. The Morgan fingerprint density at radius 1 is 0.833 bits per heavy atom. The van der Waals surface area contributed by atoms with Gasteiger partial charge in [0.1, 0.15) is 18.1 Å². The van der Waals surface area contributed by atoms with Crippen molar-refractivity contribution in [3.05, 3.63) is 75.6 Å². The number of hydrogen-bond acceptors (Lipinski definition) is 14. The van der Waals surface area contributed by atoms with E-state index in [0.29, 0.717) is 16.3 Å². The lowest BCUT2D eigenvalue weighted by Crippen LogP contribution is -2.61. The van der Waals surface area contributed by atoms with Gasteiger partial charge in [0, 0.05) is 44.0 Å². The average Bonchev–Trinajstić information content (AvgIpc) is 3.34. The fourth-order valence-electron chi connectivity index (χ4n) is 4.73. The molecule has 0 radical (unpaired) electrons. The molecule has 0 unspecified atom stereocenters. The van der Waals surface area contributed by atoms with E-state index in [1.54, 1.807) is 54.6 Å². The number of ether oxygens (including phenoxy) is 5. The van der Waals surface area contributed by atoms with E-state index in [-0.39, 0.29) is 20.3 Å². The molecule has 1 aliphatic heterocycles. The van der Waals surface area contributed by atoms with Crippen molar-refractivity contribution in [2.75, 3.05) is 17.7 Å². The number of carbonyl (C=O) groups excluding carboxylic acids is 6. The first-order valence-electron chi connectivity index (χ1n) is 14.3. The fraction of sp³-hybridized carbons (Fsp3) is 0.312. The van der Waals surface area contributed by atoms with Crippen molar-refractivity contribution >= 4 is 81.6 Å². The van der Waals surface area contributed by atoms with E-state index in [0.717, 1.165) is 50.8 Å². The number of benzene rings is 2. The van der Waals surface area contributed by atoms with Crippen molar-refractivity contribution in [3.8, 4) is 0 Å². The first-order valence-corrected chi connectivity index (χ1v) is 16.4. The van der Waals surface area contributed by atoms with Crippen molar-refractivity contribution in [2.45, 2.75) is 61.8 Å². The Bertz CT molecular complexity index is 1700. The first kappa shape index (κ1) is 36.4. The van der Waals surface area contributed by atoms with Crippen molar-refractivity contribution in [3.63, 3.8) is 0 Å². The van der Waals surface area contributed by atoms with Crippen molar-refractivity contribution in [1.82, 2.24) is 0 Å². The molecule has 2 aromatic carbocycles. The first-order chi connectivity index (χ1) is 22.7. The van der Waals surface area contributed by atoms with Crippen molar-refractivity contribution in [1.29, 1.82) is 0 Å². The number of carbonyl (C=O) groups is 6. The van der Waals surface area contributed by atoms with Crippen LogP contribution in [0.25, 0.3) is 0 Å². The molecule has 0 bridgehead atoms. The van der Waals surface area contributed by atoms with Crippen LogP contribution in [0.4, 0.5) is 11.4 Å². The molecule has 13 nitrogen and oxygen atoms in total. The molecule has 3 aromatic rings. The standard InChI is InChI=1S/C32H31ClN2O11S2/c1-15(36)42-14-22-26(43-16(2)37)27(44-17(3)38)28(45-18(4)39)31(46-22)48-32-23(30(41)35-21-12-10-20(33)11-13-21)24(34)29(47-32)25(40)19-8-6-5-7-9-19/h5-13,22,26-28,31H,14,34H2,1-4H3,(H,35,41)/t22-,26-,27+,28-,31+/m1/s1. The summed E-state index contributed by atoms with van der Waals surface area (Å²) in [4.78, 5) is 75.9. The van der Waals surface area contributed by atoms with Gasteiger partial charge in [-0.1, -0.05) is 53.7 Å². The maximum Gasteiger partial charge on any atom is 0.303 e. The minimum atomic E-state index is -1.43. The number of nitrogen functional groups attached to an aromatic ring is 1. The monoisotopic (exact) mass is 718 g/mol. The van der Waals surface area contributed by atoms with Crippen LogP contribution < -0.4 is 11.1 Å². The predicted octanol–water partition coefficient (Wildman–Crippen LogP) is 4.64. The molecule has 5 atom stereocenters. The van der Waals surface area contributed by atoms with Crippen LogP contribution in [-0.4, -0.2) is 72.0 Å². The highest BCUT2D eigenvalue weighted by molar-refractivity contribution is 8.01. The van der Waals surface area contributed by atoms with Crippen LogP contribution in [0, 0.1) is 0 Å². The number of amides is 1. The second-order valence-electron chi connectivity index (χ2n) is 10.3. The third kappa shape index (κ3) is 9.13. The highest BCUT2D eigenvalue weighted by atomic mass is 35.5. The zero-order valence-electron chi connectivity index (χ0n) is 26.1. The number of ketones is 1. The average molecular weight is 719 g/mol. The predicted molar refractivity (Wildman–Crippen MR) is 176 cm³/mol. The minimum Gasteiger partial charge on any atom is -0.463 e. The van der Waals surface area contributed by atoms with Crippen LogP contribution in [0.1, 0.15) is 53.3 Å². The smallest absolute Gasteiger partial charge is 0.303 e. The normalized spacial score (nSPS) is 20.2. The lowest BCUT2D eigenvalue weighted by Gasteiger charge is -2.44. The van der Waals surface area contributed by atoms with Gasteiger partial charge in [0.25, 0.3) is 5.91 Å². The number of nitrogens with two attached hydrogens (primary N) is 1. The summed E-state index contributed by atoms with van der Waals surface area (Å²) in [7, 11) is 0. The van der Waals surface area contributed by atoms with E-state index in [1.807, 2.05) is 0 Å². The molecule has 2 heterocycles. The molecule has 48 heavy (non-hydrogen) atoms. The van der Waals surface area contributed by atoms with Gasteiger partial charge in [-0.15, -0.1) is 11.3 Å². The molecule has 1 saturated heterocycles. The summed E-state index contributed by atoms with van der Waals surface area (Å²) in [6, 6.07) is 14.6. The number of thiophene rings is 1. The van der Waals surface area contributed by atoms with E-state index in [2.05, 4.69) is 5.32 Å². The molecule has 16 heteroatoms. The topological polar surface area (TPSA) is 187 Å². The Morgan fingerprint density at radius 3 is 2.00 bits per heavy atom. The van der Waals surface area contributed by atoms with E-state index in [1.165, 1.54) is 0 Å². The molecule has 1 aromatic heterocycles. The van der Waals surface area contributed by atoms with E-state index >= 15 is 0 Å². The zero-order valence-corrected chi connectivity index (χ0v) is 28.4. The van der Waals surface area contributed by atoms with Crippen LogP contribution in [0.15, 0.2) is 58.8 Å². The number of halogens is 1. The summed E-state index contributed by atoms with van der Waals surface area (Å²) in [5, 5.41) is 3.18. The lowest BCUT2D eigenvalue weighted by atomic mass is 9.99. The Balaban J connectivity index is 1.82. The maximum absolute atomic E-state index is 13.8. The van der Waals surface area contributed by atoms with Crippen molar-refractivity contribution < 1.29 is 52.5 Å². The largest absolute Gasteiger partial charge is 0.463 e. The van der Waals surface area contributed by atoms with Gasteiger partial charge in [0.05, 0.1) is 20.3 Å². The SMILES string of the molecule is CC(=O)OC[C@H]1O[C@@H](Sc2sc(C(=O)c3ccccc3)c(N)c2C(=O)Nc2ccc(Cl)cc2)[C@H](OC(C)=O)[C@@H](OC(C)=O)[C@@H]1OC(C)=O. The van der Waals surface area contributed by atoms with Crippen molar-refractivity contribution in [2.24, 2.45) is 0 Å². The van der Waals surface area contributed by atoms with Gasteiger partial charge >= 0.3 is 23.9 Å². The fourth-order valence-corrected chi connectivity index (χ4v) is 7.57. The van der Waals surface area contributed by atoms with Crippen LogP contribution in [-0.2, 0) is 42.9 Å². The summed E-state index contributed by atoms with van der Waals surface area (Å²) >= 11 is 7.75.